The summed E-state index contributed by atoms with van der Waals surface area (Å²) in [6.07, 6.45) is 0.201. The molecule has 1 atom stereocenters. The summed E-state index contributed by atoms with van der Waals surface area (Å²) < 4.78 is 10.1. The molecule has 0 aromatic heterocycles. The minimum absolute atomic E-state index is 0.0336. The number of carbonyl (C=O) groups excluding carboxylic acids is 2. The number of nitrogens with zero attached hydrogens (tertiary/aromatic N) is 1. The number of hydrogen-bond acceptors (Lipinski definition) is 5. The van der Waals surface area contributed by atoms with E-state index >= 15 is 0 Å². The Morgan fingerprint density at radius 3 is 2.33 bits per heavy atom. The molecule has 0 heterocycles. The highest BCUT2D eigenvalue weighted by molar-refractivity contribution is 6.01. The molecule has 0 saturated heterocycles. The van der Waals surface area contributed by atoms with E-state index in [1.807, 2.05) is 26.0 Å². The molecule has 0 aliphatic rings. The monoisotopic (exact) mass is 334 g/mol. The number of hydrazone groups is 1. The molecule has 1 aromatic rings. The van der Waals surface area contributed by atoms with Crippen LogP contribution < -0.4 is 10.2 Å². The first-order chi connectivity index (χ1) is 11.4. The predicted molar refractivity (Wildman–Crippen MR) is 92.9 cm³/mol. The molecule has 1 amide bonds. The molecule has 1 rings (SSSR count). The molecule has 24 heavy (non-hydrogen) atoms. The molecular weight excluding hydrogens is 308 g/mol. The van der Waals surface area contributed by atoms with E-state index in [-0.39, 0.29) is 24.2 Å². The maximum Gasteiger partial charge on any atom is 0.314 e. The Hall–Kier alpha value is -2.37. The molecule has 1 N–H and O–H groups in total. The van der Waals surface area contributed by atoms with Gasteiger partial charge in [0.1, 0.15) is 5.75 Å². The number of benzene rings is 1. The average molecular weight is 334 g/mol. The summed E-state index contributed by atoms with van der Waals surface area (Å²) in [5.74, 6) is -0.260. The maximum atomic E-state index is 12.0. The number of nitrogens with one attached hydrogen (secondary N) is 1. The number of amides is 1. The van der Waals surface area contributed by atoms with Crippen molar-refractivity contribution in [1.29, 1.82) is 0 Å². The number of ether oxygens (including phenoxy) is 2. The fourth-order valence-corrected chi connectivity index (χ4v) is 2.35. The van der Waals surface area contributed by atoms with Crippen LogP contribution in [0.4, 0.5) is 0 Å². The van der Waals surface area contributed by atoms with Gasteiger partial charge in [-0.3, -0.25) is 9.59 Å². The molecule has 0 aliphatic carbocycles. The van der Waals surface area contributed by atoms with Crippen LogP contribution in [0.15, 0.2) is 29.4 Å². The van der Waals surface area contributed by atoms with E-state index in [4.69, 9.17) is 9.47 Å². The lowest BCUT2D eigenvalue weighted by Crippen LogP contribution is -2.31. The summed E-state index contributed by atoms with van der Waals surface area (Å²) >= 11 is 0. The van der Waals surface area contributed by atoms with Crippen LogP contribution in [0.3, 0.4) is 0 Å². The Kier molecular flexibility index (Phi) is 7.95. The van der Waals surface area contributed by atoms with Gasteiger partial charge in [0.2, 0.25) is 5.91 Å². The normalized spacial score (nSPS) is 12.7. The number of carbonyl (C=O) groups is 2. The van der Waals surface area contributed by atoms with E-state index in [1.54, 1.807) is 33.1 Å². The van der Waals surface area contributed by atoms with E-state index in [0.717, 1.165) is 11.3 Å². The quantitative estimate of drug-likeness (QED) is 0.450. The molecule has 0 saturated carbocycles. The van der Waals surface area contributed by atoms with Gasteiger partial charge in [0.25, 0.3) is 0 Å². The molecule has 0 aliphatic heterocycles. The molecule has 0 bridgehead atoms. The maximum absolute atomic E-state index is 12.0. The molecule has 0 fully saturated rings. The molecule has 0 unspecified atom stereocenters. The summed E-state index contributed by atoms with van der Waals surface area (Å²) in [6, 6.07) is 7.24. The third kappa shape index (κ3) is 6.02. The lowest BCUT2D eigenvalue weighted by Gasteiger charge is -2.18. The van der Waals surface area contributed by atoms with Crippen molar-refractivity contribution in [3.05, 3.63) is 29.8 Å². The predicted octanol–water partition coefficient (Wildman–Crippen LogP) is 2.57. The third-order valence-electron chi connectivity index (χ3n) is 3.54. The number of esters is 1. The number of methoxy groups -OCH3 is 1. The van der Waals surface area contributed by atoms with Crippen LogP contribution in [-0.4, -0.2) is 31.3 Å². The van der Waals surface area contributed by atoms with Crippen LogP contribution in [0.25, 0.3) is 0 Å². The first-order valence-corrected chi connectivity index (χ1v) is 8.01. The molecule has 6 heteroatoms. The molecule has 1 aromatic carbocycles. The second kappa shape index (κ2) is 9.70. The zero-order valence-corrected chi connectivity index (χ0v) is 15.0. The Balaban J connectivity index is 2.67. The standard InChI is InChI=1S/C18H26N2O4/c1-6-24-18(22)17(12(2)3)13(4)19-20-16(21)11-14-7-9-15(23-5)10-8-14/h7-10,12,17H,6,11H2,1-5H3,(H,20,21)/b19-13+/t17-/m1/s1. The van der Waals surface area contributed by atoms with Gasteiger partial charge in [0.05, 0.1) is 26.1 Å². The smallest absolute Gasteiger partial charge is 0.314 e. The van der Waals surface area contributed by atoms with Crippen LogP contribution in [-0.2, 0) is 20.7 Å². The van der Waals surface area contributed by atoms with Gasteiger partial charge in [-0.25, -0.2) is 5.43 Å². The van der Waals surface area contributed by atoms with Gasteiger partial charge >= 0.3 is 5.97 Å². The fourth-order valence-electron chi connectivity index (χ4n) is 2.35. The molecule has 0 radical (unpaired) electrons. The highest BCUT2D eigenvalue weighted by Gasteiger charge is 2.26. The van der Waals surface area contributed by atoms with Gasteiger partial charge in [0, 0.05) is 5.71 Å². The topological polar surface area (TPSA) is 77.0 Å². The highest BCUT2D eigenvalue weighted by atomic mass is 16.5. The average Bonchev–Trinajstić information content (AvgIpc) is 2.53. The molecule has 132 valence electrons. The van der Waals surface area contributed by atoms with Crippen molar-refractivity contribution in [2.24, 2.45) is 16.9 Å². The summed E-state index contributed by atoms with van der Waals surface area (Å²) in [5.41, 5.74) is 3.89. The van der Waals surface area contributed by atoms with Crippen molar-refractivity contribution in [3.8, 4) is 5.75 Å². The Morgan fingerprint density at radius 1 is 1.21 bits per heavy atom. The van der Waals surface area contributed by atoms with Gasteiger partial charge in [-0.15, -0.1) is 0 Å². The van der Waals surface area contributed by atoms with Crippen LogP contribution in [0, 0.1) is 11.8 Å². The molecule has 6 nitrogen and oxygen atoms in total. The second-order valence-corrected chi connectivity index (χ2v) is 5.79. The minimum Gasteiger partial charge on any atom is -0.497 e. The van der Waals surface area contributed by atoms with Gasteiger partial charge in [-0.05, 0) is 37.5 Å². The van der Waals surface area contributed by atoms with E-state index in [2.05, 4.69) is 10.5 Å². The van der Waals surface area contributed by atoms with Gasteiger partial charge in [0.15, 0.2) is 0 Å². The van der Waals surface area contributed by atoms with E-state index in [1.165, 1.54) is 0 Å². The lowest BCUT2D eigenvalue weighted by atomic mass is 9.92. The molecule has 0 spiro atoms. The van der Waals surface area contributed by atoms with E-state index in [9.17, 15) is 9.59 Å². The van der Waals surface area contributed by atoms with Crippen molar-refractivity contribution in [3.63, 3.8) is 0 Å². The zero-order valence-electron chi connectivity index (χ0n) is 15.0. The zero-order chi connectivity index (χ0) is 18.1. The van der Waals surface area contributed by atoms with Crippen molar-refractivity contribution in [2.75, 3.05) is 13.7 Å². The Bertz CT molecular complexity index is 579. The van der Waals surface area contributed by atoms with Gasteiger partial charge in [-0.2, -0.15) is 5.10 Å². The first-order valence-electron chi connectivity index (χ1n) is 8.01. The first kappa shape index (κ1) is 19.7. The largest absolute Gasteiger partial charge is 0.497 e. The Morgan fingerprint density at radius 2 is 1.83 bits per heavy atom. The van der Waals surface area contributed by atoms with Crippen molar-refractivity contribution >= 4 is 17.6 Å². The second-order valence-electron chi connectivity index (χ2n) is 5.79. The summed E-state index contributed by atoms with van der Waals surface area (Å²) in [6.45, 7) is 7.63. The summed E-state index contributed by atoms with van der Waals surface area (Å²) in [7, 11) is 1.59. The number of rotatable bonds is 8. The van der Waals surface area contributed by atoms with Crippen LogP contribution >= 0.6 is 0 Å². The van der Waals surface area contributed by atoms with Crippen LogP contribution in [0.1, 0.15) is 33.3 Å². The Labute approximate surface area is 143 Å². The van der Waals surface area contributed by atoms with Crippen LogP contribution in [0.5, 0.6) is 5.75 Å². The highest BCUT2D eigenvalue weighted by Crippen LogP contribution is 2.15. The third-order valence-corrected chi connectivity index (χ3v) is 3.54. The molecular formula is C18H26N2O4. The van der Waals surface area contributed by atoms with Crippen molar-refractivity contribution in [2.45, 2.75) is 34.1 Å². The number of hydrogen-bond donors (Lipinski definition) is 1. The van der Waals surface area contributed by atoms with Crippen molar-refractivity contribution < 1.29 is 19.1 Å². The van der Waals surface area contributed by atoms with E-state index < -0.39 is 5.92 Å². The van der Waals surface area contributed by atoms with Gasteiger partial charge in [-0.1, -0.05) is 26.0 Å². The minimum atomic E-state index is -0.466. The summed E-state index contributed by atoms with van der Waals surface area (Å²) in [5, 5.41) is 4.07. The lowest BCUT2D eigenvalue weighted by molar-refractivity contribution is -0.146. The van der Waals surface area contributed by atoms with Gasteiger partial charge < -0.3 is 9.47 Å². The fraction of sp³-hybridized carbons (Fsp3) is 0.500. The SMILES string of the molecule is CCOC(=O)[C@@H](/C(C)=N/NC(=O)Cc1ccc(OC)cc1)C(C)C. The van der Waals surface area contributed by atoms with Crippen LogP contribution in [0.2, 0.25) is 0 Å². The van der Waals surface area contributed by atoms with Crippen molar-refractivity contribution in [1.82, 2.24) is 5.43 Å². The summed E-state index contributed by atoms with van der Waals surface area (Å²) in [4.78, 5) is 24.0. The van der Waals surface area contributed by atoms with E-state index in [0.29, 0.717) is 12.3 Å².